The van der Waals surface area contributed by atoms with E-state index in [1.807, 2.05) is 34.8 Å². The Morgan fingerprint density at radius 3 is 1.79 bits per heavy atom. The minimum Gasteiger partial charge on any atom is -0.309 e. The van der Waals surface area contributed by atoms with Gasteiger partial charge in [0.05, 0.1) is 39.0 Å². The van der Waals surface area contributed by atoms with Crippen LogP contribution in [0.15, 0.2) is 206 Å². The van der Waals surface area contributed by atoms with Gasteiger partial charge in [-0.25, -0.2) is 4.98 Å². The topological polar surface area (TPSA) is 52.9 Å². The van der Waals surface area contributed by atoms with Crippen LogP contribution >= 0.6 is 0 Å². The first-order chi connectivity index (χ1) is 30.3. The molecule has 0 saturated heterocycles. The summed E-state index contributed by atoms with van der Waals surface area (Å²) in [6, 6.07) is 73.5. The monoisotopic (exact) mass is 778 g/mol. The van der Waals surface area contributed by atoms with Crippen LogP contribution in [0.3, 0.4) is 0 Å². The highest BCUT2D eigenvalue weighted by Gasteiger charge is 2.21. The van der Waals surface area contributed by atoms with Crippen molar-refractivity contribution in [1.29, 1.82) is 0 Å². The molecule has 0 aliphatic carbocycles. The summed E-state index contributed by atoms with van der Waals surface area (Å²) in [5.41, 5.74) is 13.0. The van der Waals surface area contributed by atoms with Crippen LogP contribution in [-0.4, -0.2) is 28.7 Å². The largest absolute Gasteiger partial charge is 0.309 e. The lowest BCUT2D eigenvalue weighted by molar-refractivity contribution is 0.987. The van der Waals surface area contributed by atoms with Gasteiger partial charge in [-0.1, -0.05) is 140 Å². The lowest BCUT2D eigenvalue weighted by atomic mass is 9.99. The van der Waals surface area contributed by atoms with Crippen LogP contribution in [0.2, 0.25) is 0 Å². The molecule has 13 rings (SSSR count). The average molecular weight is 779 g/mol. The second-order valence-electron chi connectivity index (χ2n) is 15.7. The second kappa shape index (κ2) is 13.1. The molecule has 284 valence electrons. The predicted molar refractivity (Wildman–Crippen MR) is 251 cm³/mol. The van der Waals surface area contributed by atoms with Crippen molar-refractivity contribution >= 4 is 71.1 Å². The molecular formula is C55H34N6. The highest BCUT2D eigenvalue weighted by Crippen LogP contribution is 2.41. The van der Waals surface area contributed by atoms with Gasteiger partial charge in [0.25, 0.3) is 5.78 Å². The van der Waals surface area contributed by atoms with E-state index >= 15 is 0 Å². The third kappa shape index (κ3) is 5.06. The molecule has 0 amide bonds. The van der Waals surface area contributed by atoms with Crippen LogP contribution in [0.25, 0.3) is 116 Å². The molecule has 0 N–H and O–H groups in total. The Labute approximate surface area is 349 Å². The summed E-state index contributed by atoms with van der Waals surface area (Å²) in [5.74, 6) is 1.18. The lowest BCUT2D eigenvalue weighted by Gasteiger charge is -2.12. The molecule has 0 radical (unpaired) electrons. The van der Waals surface area contributed by atoms with Gasteiger partial charge in [-0.15, -0.1) is 5.10 Å². The van der Waals surface area contributed by atoms with Gasteiger partial charge in [-0.3, -0.25) is 0 Å². The van der Waals surface area contributed by atoms with E-state index in [0.29, 0.717) is 11.6 Å². The number of fused-ring (bicyclic) bond motifs is 11. The highest BCUT2D eigenvalue weighted by atomic mass is 15.3. The Bertz CT molecular complexity index is 3880. The molecule has 4 aromatic heterocycles. The van der Waals surface area contributed by atoms with E-state index in [4.69, 9.17) is 15.1 Å². The van der Waals surface area contributed by atoms with E-state index in [9.17, 15) is 0 Å². The molecule has 0 fully saturated rings. The molecular weight excluding hydrogens is 745 g/mol. The normalized spacial score (nSPS) is 11.9. The molecule has 0 bridgehead atoms. The van der Waals surface area contributed by atoms with E-state index in [2.05, 4.69) is 185 Å². The van der Waals surface area contributed by atoms with Crippen LogP contribution in [-0.2, 0) is 0 Å². The van der Waals surface area contributed by atoms with Crippen LogP contribution in [0, 0.1) is 0 Å². The second-order valence-corrected chi connectivity index (χ2v) is 15.7. The maximum atomic E-state index is 5.14. The first-order valence-corrected chi connectivity index (χ1v) is 20.6. The summed E-state index contributed by atoms with van der Waals surface area (Å²) >= 11 is 0. The number of rotatable bonds is 5. The van der Waals surface area contributed by atoms with Crippen molar-refractivity contribution in [1.82, 2.24) is 28.7 Å². The maximum absolute atomic E-state index is 5.14. The summed E-state index contributed by atoms with van der Waals surface area (Å²) in [7, 11) is 0. The number of benzene rings is 9. The third-order valence-electron chi connectivity index (χ3n) is 12.3. The van der Waals surface area contributed by atoms with E-state index in [1.165, 1.54) is 54.5 Å². The minimum atomic E-state index is 0.561. The van der Waals surface area contributed by atoms with Crippen molar-refractivity contribution in [3.8, 4) is 45.1 Å². The standard InChI is InChI=1S/C55H34N6/c1-3-16-36(17-4-1)53-42-22-10-14-26-50(42)61-55(56-53)57-54(58-61)43-23-11-13-25-47(43)60-46-24-12-9-21-41(46)44-33-37(28-30-48(44)60)38-29-31-49-45(34-38)52-40-20-8-7-15-35(40)27-32-51(52)59(49)39-18-5-2-6-19-39/h1-34H. The van der Waals surface area contributed by atoms with Gasteiger partial charge >= 0.3 is 0 Å². The minimum absolute atomic E-state index is 0.561. The molecule has 0 atom stereocenters. The zero-order valence-corrected chi connectivity index (χ0v) is 32.8. The molecule has 13 aromatic rings. The van der Waals surface area contributed by atoms with E-state index in [0.717, 1.165) is 50.1 Å². The Morgan fingerprint density at radius 2 is 0.967 bits per heavy atom. The fourth-order valence-corrected chi connectivity index (χ4v) is 9.58. The Kier molecular flexibility index (Phi) is 7.21. The number of para-hydroxylation sites is 4. The van der Waals surface area contributed by atoms with Crippen LogP contribution < -0.4 is 0 Å². The third-order valence-corrected chi connectivity index (χ3v) is 12.3. The van der Waals surface area contributed by atoms with Crippen molar-refractivity contribution in [3.05, 3.63) is 206 Å². The molecule has 0 spiro atoms. The van der Waals surface area contributed by atoms with E-state index < -0.39 is 0 Å². The molecule has 6 heteroatoms. The summed E-state index contributed by atoms with van der Waals surface area (Å²) < 4.78 is 6.63. The molecule has 0 aliphatic heterocycles. The molecule has 0 saturated carbocycles. The van der Waals surface area contributed by atoms with Crippen molar-refractivity contribution < 1.29 is 0 Å². The number of aromatic nitrogens is 6. The Balaban J connectivity index is 0.993. The fraction of sp³-hybridized carbons (Fsp3) is 0. The first kappa shape index (κ1) is 33.6. The van der Waals surface area contributed by atoms with E-state index in [1.54, 1.807) is 0 Å². The molecule has 0 aliphatic rings. The molecule has 4 heterocycles. The lowest BCUT2D eigenvalue weighted by Crippen LogP contribution is -1.98. The summed E-state index contributed by atoms with van der Waals surface area (Å²) in [5, 5.41) is 13.5. The molecule has 9 aromatic carbocycles. The summed E-state index contributed by atoms with van der Waals surface area (Å²) in [6.45, 7) is 0. The van der Waals surface area contributed by atoms with Crippen LogP contribution in [0.4, 0.5) is 0 Å². The quantitative estimate of drug-likeness (QED) is 0.175. The highest BCUT2D eigenvalue weighted by molar-refractivity contribution is 6.22. The van der Waals surface area contributed by atoms with Crippen LogP contribution in [0.5, 0.6) is 0 Å². The predicted octanol–water partition coefficient (Wildman–Crippen LogP) is 13.6. The van der Waals surface area contributed by atoms with Crippen molar-refractivity contribution in [3.63, 3.8) is 0 Å². The summed E-state index contributed by atoms with van der Waals surface area (Å²) in [4.78, 5) is 10.2. The van der Waals surface area contributed by atoms with Crippen molar-refractivity contribution in [2.24, 2.45) is 0 Å². The fourth-order valence-electron chi connectivity index (χ4n) is 9.58. The van der Waals surface area contributed by atoms with Gasteiger partial charge < -0.3 is 9.13 Å². The van der Waals surface area contributed by atoms with E-state index in [-0.39, 0.29) is 0 Å². The Hall–Kier alpha value is -8.35. The molecule has 0 unspecified atom stereocenters. The average Bonchev–Trinajstić information content (AvgIpc) is 4.02. The molecule has 61 heavy (non-hydrogen) atoms. The molecule has 6 nitrogen and oxygen atoms in total. The van der Waals surface area contributed by atoms with Crippen molar-refractivity contribution in [2.75, 3.05) is 0 Å². The van der Waals surface area contributed by atoms with Gasteiger partial charge in [0.2, 0.25) is 0 Å². The van der Waals surface area contributed by atoms with Crippen molar-refractivity contribution in [2.45, 2.75) is 0 Å². The van der Waals surface area contributed by atoms with Gasteiger partial charge in [-0.05, 0) is 88.6 Å². The Morgan fingerprint density at radius 1 is 0.361 bits per heavy atom. The summed E-state index contributed by atoms with van der Waals surface area (Å²) in [6.07, 6.45) is 0. The van der Waals surface area contributed by atoms with Gasteiger partial charge in [0.1, 0.15) is 0 Å². The number of hydrogen-bond donors (Lipinski definition) is 0. The maximum Gasteiger partial charge on any atom is 0.253 e. The first-order valence-electron chi connectivity index (χ1n) is 20.6. The number of hydrogen-bond acceptors (Lipinski definition) is 3. The van der Waals surface area contributed by atoms with Crippen LogP contribution in [0.1, 0.15) is 0 Å². The SMILES string of the molecule is c1ccc(-c2nc3nc(-c4ccccc4-n4c5ccccc5c5cc(-c6ccc7c(c6)c6c8ccccc8ccc6n7-c6ccccc6)ccc54)nn3c3ccccc23)cc1. The number of nitrogens with zero attached hydrogens (tertiary/aromatic N) is 6. The van der Waals surface area contributed by atoms with Gasteiger partial charge in [0.15, 0.2) is 5.82 Å². The zero-order chi connectivity index (χ0) is 40.0. The smallest absolute Gasteiger partial charge is 0.253 e. The van der Waals surface area contributed by atoms with Gasteiger partial charge in [-0.2, -0.15) is 9.50 Å². The van der Waals surface area contributed by atoms with Gasteiger partial charge in [0, 0.05) is 43.7 Å². The zero-order valence-electron chi connectivity index (χ0n) is 32.8.